The molecular formula is C28H24N4O2. The van der Waals surface area contributed by atoms with Crippen LogP contribution in [0.25, 0.3) is 21.9 Å². The van der Waals surface area contributed by atoms with Crippen molar-refractivity contribution in [3.63, 3.8) is 0 Å². The molecule has 3 heterocycles. The SMILES string of the molecule is Cn1c(CN(Cc2ccc3c(c2)CCO3)C(=O)c2cnc3ccccc3c2)nc2ccccc21. The number of hydrogen-bond acceptors (Lipinski definition) is 4. The zero-order valence-electron chi connectivity index (χ0n) is 18.9. The number of amides is 1. The maximum Gasteiger partial charge on any atom is 0.256 e. The van der Waals surface area contributed by atoms with Gasteiger partial charge in [-0.05, 0) is 41.5 Å². The second kappa shape index (κ2) is 8.30. The molecule has 0 saturated carbocycles. The Kier molecular flexibility index (Phi) is 4.99. The highest BCUT2D eigenvalue weighted by Gasteiger charge is 2.21. The van der Waals surface area contributed by atoms with Gasteiger partial charge in [-0.25, -0.2) is 4.98 Å². The maximum atomic E-state index is 13.8. The van der Waals surface area contributed by atoms with E-state index < -0.39 is 0 Å². The number of para-hydroxylation sites is 3. The number of hydrogen-bond donors (Lipinski definition) is 0. The second-order valence-electron chi connectivity index (χ2n) is 8.69. The van der Waals surface area contributed by atoms with Gasteiger partial charge in [0.2, 0.25) is 0 Å². The van der Waals surface area contributed by atoms with E-state index in [2.05, 4.69) is 15.6 Å². The molecule has 2 aromatic heterocycles. The zero-order valence-corrected chi connectivity index (χ0v) is 18.9. The summed E-state index contributed by atoms with van der Waals surface area (Å²) in [5, 5.41) is 0.950. The molecule has 3 aromatic carbocycles. The first-order valence-corrected chi connectivity index (χ1v) is 11.4. The van der Waals surface area contributed by atoms with Crippen LogP contribution in [-0.4, -0.2) is 31.9 Å². The molecule has 0 spiro atoms. The lowest BCUT2D eigenvalue weighted by Crippen LogP contribution is -2.31. The van der Waals surface area contributed by atoms with Crippen molar-refractivity contribution in [3.05, 3.63) is 102 Å². The molecule has 0 fully saturated rings. The first-order chi connectivity index (χ1) is 16.7. The van der Waals surface area contributed by atoms with Crippen LogP contribution in [0.4, 0.5) is 0 Å². The molecule has 1 aliphatic heterocycles. The normalized spacial score (nSPS) is 12.6. The van der Waals surface area contributed by atoms with Crippen LogP contribution in [0.2, 0.25) is 0 Å². The van der Waals surface area contributed by atoms with Crippen LogP contribution in [0.5, 0.6) is 5.75 Å². The largest absolute Gasteiger partial charge is 0.493 e. The van der Waals surface area contributed by atoms with Crippen molar-refractivity contribution in [2.45, 2.75) is 19.5 Å². The van der Waals surface area contributed by atoms with Gasteiger partial charge in [0.25, 0.3) is 5.91 Å². The highest BCUT2D eigenvalue weighted by Crippen LogP contribution is 2.27. The van der Waals surface area contributed by atoms with E-state index in [0.29, 0.717) is 25.3 Å². The lowest BCUT2D eigenvalue weighted by atomic mass is 10.1. The van der Waals surface area contributed by atoms with Crippen LogP contribution in [0.3, 0.4) is 0 Å². The molecule has 6 nitrogen and oxygen atoms in total. The van der Waals surface area contributed by atoms with Crippen LogP contribution < -0.4 is 4.74 Å². The Morgan fingerprint density at radius 1 is 1.00 bits per heavy atom. The second-order valence-corrected chi connectivity index (χ2v) is 8.69. The first kappa shape index (κ1) is 20.4. The molecule has 1 amide bonds. The van der Waals surface area contributed by atoms with Gasteiger partial charge in [-0.1, -0.05) is 42.5 Å². The molecule has 0 N–H and O–H groups in total. The molecule has 168 valence electrons. The molecule has 5 aromatic rings. The van der Waals surface area contributed by atoms with Crippen molar-refractivity contribution >= 4 is 27.8 Å². The summed E-state index contributed by atoms with van der Waals surface area (Å²) in [6.45, 7) is 1.58. The first-order valence-electron chi connectivity index (χ1n) is 11.4. The van der Waals surface area contributed by atoms with Gasteiger partial charge in [-0.3, -0.25) is 9.78 Å². The van der Waals surface area contributed by atoms with Crippen LogP contribution >= 0.6 is 0 Å². The number of imidazole rings is 1. The van der Waals surface area contributed by atoms with Crippen LogP contribution in [-0.2, 0) is 26.6 Å². The van der Waals surface area contributed by atoms with E-state index >= 15 is 0 Å². The van der Waals surface area contributed by atoms with Crippen molar-refractivity contribution in [3.8, 4) is 5.75 Å². The van der Waals surface area contributed by atoms with Gasteiger partial charge < -0.3 is 14.2 Å². The molecule has 0 aliphatic carbocycles. The molecule has 0 saturated heterocycles. The van der Waals surface area contributed by atoms with E-state index in [1.165, 1.54) is 5.56 Å². The van der Waals surface area contributed by atoms with Crippen LogP contribution in [0.15, 0.2) is 79.0 Å². The molecule has 1 aliphatic rings. The van der Waals surface area contributed by atoms with E-state index in [-0.39, 0.29) is 5.91 Å². The minimum atomic E-state index is -0.0675. The number of carbonyl (C=O) groups is 1. The topological polar surface area (TPSA) is 60.2 Å². The molecule has 0 radical (unpaired) electrons. The number of benzene rings is 3. The van der Waals surface area contributed by atoms with Crippen molar-refractivity contribution < 1.29 is 9.53 Å². The number of rotatable bonds is 5. The standard InChI is InChI=1S/C28H24N4O2/c1-31-25-9-5-4-8-24(25)30-27(31)18-32(17-19-10-11-26-21(14-19)12-13-34-26)28(33)22-15-20-6-2-3-7-23(20)29-16-22/h2-11,14-16H,12-13,17-18H2,1H3. The van der Waals surface area contributed by atoms with Gasteiger partial charge in [-0.2, -0.15) is 0 Å². The van der Waals surface area contributed by atoms with E-state index in [9.17, 15) is 4.79 Å². The molecular weight excluding hydrogens is 424 g/mol. The average molecular weight is 449 g/mol. The molecule has 6 rings (SSSR count). The third kappa shape index (κ3) is 3.67. The predicted molar refractivity (Wildman–Crippen MR) is 132 cm³/mol. The summed E-state index contributed by atoms with van der Waals surface area (Å²) < 4.78 is 7.72. The Hall–Kier alpha value is -4.19. The summed E-state index contributed by atoms with van der Waals surface area (Å²) >= 11 is 0. The third-order valence-corrected chi connectivity index (χ3v) is 6.46. The van der Waals surface area contributed by atoms with E-state index in [1.54, 1.807) is 6.20 Å². The van der Waals surface area contributed by atoms with Gasteiger partial charge >= 0.3 is 0 Å². The minimum Gasteiger partial charge on any atom is -0.493 e. The summed E-state index contributed by atoms with van der Waals surface area (Å²) in [7, 11) is 2.00. The highest BCUT2D eigenvalue weighted by atomic mass is 16.5. The summed E-state index contributed by atoms with van der Waals surface area (Å²) in [4.78, 5) is 25.0. The molecule has 34 heavy (non-hydrogen) atoms. The number of aryl methyl sites for hydroxylation is 1. The number of carbonyl (C=O) groups excluding carboxylic acids is 1. The lowest BCUT2D eigenvalue weighted by Gasteiger charge is -2.23. The number of nitrogens with zero attached hydrogens (tertiary/aromatic N) is 4. The summed E-state index contributed by atoms with van der Waals surface area (Å²) in [5.41, 5.74) is 5.69. The summed E-state index contributed by atoms with van der Waals surface area (Å²) in [6, 6.07) is 24.0. The van der Waals surface area contributed by atoms with Crippen molar-refractivity contribution in [1.29, 1.82) is 0 Å². The average Bonchev–Trinajstić information content (AvgIpc) is 3.47. The molecule has 6 heteroatoms. The predicted octanol–water partition coefficient (Wildman–Crippen LogP) is 4.90. The van der Waals surface area contributed by atoms with Gasteiger partial charge in [0.05, 0.1) is 35.3 Å². The van der Waals surface area contributed by atoms with Gasteiger partial charge in [0, 0.05) is 31.6 Å². The van der Waals surface area contributed by atoms with Gasteiger partial charge in [0.15, 0.2) is 0 Å². The van der Waals surface area contributed by atoms with Crippen molar-refractivity contribution in [1.82, 2.24) is 19.4 Å². The van der Waals surface area contributed by atoms with E-state index in [4.69, 9.17) is 9.72 Å². The van der Waals surface area contributed by atoms with Crippen LogP contribution in [0.1, 0.15) is 27.3 Å². The maximum absolute atomic E-state index is 13.8. The van der Waals surface area contributed by atoms with E-state index in [1.807, 2.05) is 78.7 Å². The smallest absolute Gasteiger partial charge is 0.256 e. The molecule has 0 bridgehead atoms. The van der Waals surface area contributed by atoms with Gasteiger partial charge in [0.1, 0.15) is 11.6 Å². The lowest BCUT2D eigenvalue weighted by molar-refractivity contribution is 0.0724. The van der Waals surface area contributed by atoms with Crippen molar-refractivity contribution in [2.75, 3.05) is 6.61 Å². The zero-order chi connectivity index (χ0) is 23.1. The van der Waals surface area contributed by atoms with Crippen molar-refractivity contribution in [2.24, 2.45) is 7.05 Å². The monoisotopic (exact) mass is 448 g/mol. The fraction of sp³-hybridized carbons (Fsp3) is 0.179. The fourth-order valence-corrected chi connectivity index (χ4v) is 4.64. The van der Waals surface area contributed by atoms with Crippen LogP contribution in [0, 0.1) is 0 Å². The number of aromatic nitrogens is 3. The Balaban J connectivity index is 1.37. The summed E-state index contributed by atoms with van der Waals surface area (Å²) in [6.07, 6.45) is 2.57. The summed E-state index contributed by atoms with van der Waals surface area (Å²) in [5.74, 6) is 1.71. The third-order valence-electron chi connectivity index (χ3n) is 6.46. The van der Waals surface area contributed by atoms with E-state index in [0.717, 1.165) is 45.5 Å². The fourth-order valence-electron chi connectivity index (χ4n) is 4.64. The Labute approximate surface area is 197 Å². The Bertz CT molecular complexity index is 1540. The number of fused-ring (bicyclic) bond motifs is 3. The Morgan fingerprint density at radius 2 is 1.82 bits per heavy atom. The quantitative estimate of drug-likeness (QED) is 0.384. The number of ether oxygens (including phenoxy) is 1. The number of pyridine rings is 1. The molecule has 0 unspecified atom stereocenters. The Morgan fingerprint density at radius 3 is 2.71 bits per heavy atom. The highest BCUT2D eigenvalue weighted by molar-refractivity contribution is 5.97. The van der Waals surface area contributed by atoms with Gasteiger partial charge in [-0.15, -0.1) is 0 Å². The molecule has 0 atom stereocenters. The minimum absolute atomic E-state index is 0.0675.